The van der Waals surface area contributed by atoms with Crippen molar-refractivity contribution in [2.75, 3.05) is 32.8 Å². The lowest BCUT2D eigenvalue weighted by Crippen LogP contribution is -2.48. The first-order valence-electron chi connectivity index (χ1n) is 7.65. The quantitative estimate of drug-likeness (QED) is 0.908. The topological polar surface area (TPSA) is 41.6 Å². The van der Waals surface area contributed by atoms with Crippen LogP contribution in [0.15, 0.2) is 6.07 Å². The van der Waals surface area contributed by atoms with Crippen molar-refractivity contribution >= 4 is 17.2 Å². The summed E-state index contributed by atoms with van der Waals surface area (Å²) in [4.78, 5) is 16.6. The minimum Gasteiger partial charge on any atom is -0.374 e. The third kappa shape index (κ3) is 4.80. The van der Waals surface area contributed by atoms with Crippen LogP contribution in [0.2, 0.25) is 0 Å². The van der Waals surface area contributed by atoms with Crippen LogP contribution in [-0.2, 0) is 4.74 Å². The summed E-state index contributed by atoms with van der Waals surface area (Å²) in [5, 5.41) is 3.00. The lowest BCUT2D eigenvalue weighted by atomic mass is 10.2. The Labute approximate surface area is 131 Å². The number of morpholine rings is 1. The Kier molecular flexibility index (Phi) is 5.79. The van der Waals surface area contributed by atoms with E-state index in [1.807, 2.05) is 19.9 Å². The minimum atomic E-state index is 0.0146. The zero-order valence-corrected chi connectivity index (χ0v) is 14.3. The average molecular weight is 310 g/mol. The van der Waals surface area contributed by atoms with Crippen molar-refractivity contribution < 1.29 is 9.53 Å². The molecule has 5 heteroatoms. The minimum absolute atomic E-state index is 0.0146. The fourth-order valence-electron chi connectivity index (χ4n) is 2.56. The van der Waals surface area contributed by atoms with Gasteiger partial charge in [-0.3, -0.25) is 9.69 Å². The van der Waals surface area contributed by atoms with Gasteiger partial charge in [-0.15, -0.1) is 11.3 Å². The SMILES string of the molecule is Cc1cc(C(=O)NCC2CN(CC(C)C)CCO2)sc1C. The second-order valence-corrected chi connectivity index (χ2v) is 7.46. The van der Waals surface area contributed by atoms with Gasteiger partial charge in [-0.25, -0.2) is 0 Å². The lowest BCUT2D eigenvalue weighted by Gasteiger charge is -2.33. The number of aryl methyl sites for hydroxylation is 2. The van der Waals surface area contributed by atoms with Gasteiger partial charge in [-0.2, -0.15) is 0 Å². The van der Waals surface area contributed by atoms with Gasteiger partial charge in [-0.1, -0.05) is 13.8 Å². The van der Waals surface area contributed by atoms with Crippen molar-refractivity contribution in [1.82, 2.24) is 10.2 Å². The monoisotopic (exact) mass is 310 g/mol. The van der Waals surface area contributed by atoms with E-state index in [1.165, 1.54) is 10.4 Å². The molecule has 1 aromatic heterocycles. The van der Waals surface area contributed by atoms with Crippen molar-refractivity contribution in [3.63, 3.8) is 0 Å². The highest BCUT2D eigenvalue weighted by atomic mass is 32.1. The maximum absolute atomic E-state index is 12.1. The summed E-state index contributed by atoms with van der Waals surface area (Å²) in [6.07, 6.45) is 0.101. The van der Waals surface area contributed by atoms with Crippen LogP contribution in [0, 0.1) is 19.8 Å². The summed E-state index contributed by atoms with van der Waals surface area (Å²) in [5.41, 5.74) is 1.18. The molecule has 2 rings (SSSR count). The van der Waals surface area contributed by atoms with Crippen LogP contribution in [0.4, 0.5) is 0 Å². The molecule has 1 N–H and O–H groups in total. The van der Waals surface area contributed by atoms with Gasteiger partial charge in [-0.05, 0) is 31.4 Å². The van der Waals surface area contributed by atoms with Gasteiger partial charge >= 0.3 is 0 Å². The predicted octanol–water partition coefficient (Wildman–Crippen LogP) is 2.45. The molecule has 0 bridgehead atoms. The van der Waals surface area contributed by atoms with E-state index in [1.54, 1.807) is 11.3 Å². The number of nitrogens with one attached hydrogen (secondary N) is 1. The zero-order chi connectivity index (χ0) is 15.4. The molecule has 1 aromatic rings. The molecule has 0 radical (unpaired) electrons. The van der Waals surface area contributed by atoms with E-state index < -0.39 is 0 Å². The number of thiophene rings is 1. The molecule has 1 aliphatic rings. The lowest BCUT2D eigenvalue weighted by molar-refractivity contribution is -0.0295. The second kappa shape index (κ2) is 7.38. The van der Waals surface area contributed by atoms with Gasteiger partial charge in [0.1, 0.15) is 0 Å². The summed E-state index contributed by atoms with van der Waals surface area (Å²) >= 11 is 1.55. The molecule has 1 fully saturated rings. The number of amides is 1. The van der Waals surface area contributed by atoms with Gasteiger partial charge in [0.2, 0.25) is 0 Å². The maximum atomic E-state index is 12.1. The second-order valence-electron chi connectivity index (χ2n) is 6.21. The highest BCUT2D eigenvalue weighted by Gasteiger charge is 2.21. The molecule has 0 saturated carbocycles. The van der Waals surface area contributed by atoms with Crippen molar-refractivity contribution in [2.45, 2.75) is 33.8 Å². The van der Waals surface area contributed by atoms with E-state index in [9.17, 15) is 4.79 Å². The molecule has 0 aromatic carbocycles. The number of carbonyl (C=O) groups is 1. The number of nitrogens with zero attached hydrogens (tertiary/aromatic N) is 1. The van der Waals surface area contributed by atoms with Crippen LogP contribution < -0.4 is 5.32 Å². The average Bonchev–Trinajstić information content (AvgIpc) is 2.76. The van der Waals surface area contributed by atoms with Gasteiger partial charge in [0.25, 0.3) is 5.91 Å². The number of hydrogen-bond donors (Lipinski definition) is 1. The fraction of sp³-hybridized carbons (Fsp3) is 0.688. The Balaban J connectivity index is 1.80. The standard InChI is InChI=1S/C16H26N2O2S/c1-11(2)9-18-5-6-20-14(10-18)8-17-16(19)15-7-12(3)13(4)21-15/h7,11,14H,5-6,8-10H2,1-4H3,(H,17,19). The van der Waals surface area contributed by atoms with Crippen LogP contribution in [0.3, 0.4) is 0 Å². The molecular weight excluding hydrogens is 284 g/mol. The highest BCUT2D eigenvalue weighted by Crippen LogP contribution is 2.20. The van der Waals surface area contributed by atoms with E-state index in [2.05, 4.69) is 24.1 Å². The van der Waals surface area contributed by atoms with E-state index >= 15 is 0 Å². The normalized spacial score (nSPS) is 20.0. The Morgan fingerprint density at radius 1 is 1.52 bits per heavy atom. The first-order chi connectivity index (χ1) is 9.95. The first-order valence-corrected chi connectivity index (χ1v) is 8.46. The molecule has 1 amide bonds. The number of ether oxygens (including phenoxy) is 1. The van der Waals surface area contributed by atoms with Gasteiger partial charge in [0, 0.05) is 31.1 Å². The number of carbonyl (C=O) groups excluding carboxylic acids is 1. The van der Waals surface area contributed by atoms with Crippen molar-refractivity contribution in [1.29, 1.82) is 0 Å². The van der Waals surface area contributed by atoms with Crippen LogP contribution >= 0.6 is 11.3 Å². The smallest absolute Gasteiger partial charge is 0.261 e. The van der Waals surface area contributed by atoms with Crippen LogP contribution in [0.5, 0.6) is 0 Å². The van der Waals surface area contributed by atoms with E-state index in [-0.39, 0.29) is 12.0 Å². The molecule has 0 aliphatic carbocycles. The van der Waals surface area contributed by atoms with Crippen molar-refractivity contribution in [3.8, 4) is 0 Å². The molecule has 4 nitrogen and oxygen atoms in total. The summed E-state index contributed by atoms with van der Waals surface area (Å²) in [7, 11) is 0. The summed E-state index contributed by atoms with van der Waals surface area (Å²) in [5.74, 6) is 0.677. The van der Waals surface area contributed by atoms with E-state index in [0.717, 1.165) is 31.1 Å². The Morgan fingerprint density at radius 3 is 2.90 bits per heavy atom. The van der Waals surface area contributed by atoms with Gasteiger partial charge in [0.05, 0.1) is 17.6 Å². The summed E-state index contributed by atoms with van der Waals surface area (Å²) in [6, 6.07) is 1.96. The summed E-state index contributed by atoms with van der Waals surface area (Å²) in [6.45, 7) is 12.9. The molecule has 0 spiro atoms. The predicted molar refractivity (Wildman–Crippen MR) is 87.1 cm³/mol. The Bertz CT molecular complexity index is 465. The molecule has 1 saturated heterocycles. The first kappa shape index (κ1) is 16.5. The van der Waals surface area contributed by atoms with Crippen LogP contribution in [-0.4, -0.2) is 49.7 Å². The van der Waals surface area contributed by atoms with Crippen LogP contribution in [0.1, 0.15) is 34.0 Å². The Morgan fingerprint density at radius 2 is 2.29 bits per heavy atom. The van der Waals surface area contributed by atoms with Crippen LogP contribution in [0.25, 0.3) is 0 Å². The number of hydrogen-bond acceptors (Lipinski definition) is 4. The van der Waals surface area contributed by atoms with Gasteiger partial charge < -0.3 is 10.1 Å². The van der Waals surface area contributed by atoms with E-state index in [4.69, 9.17) is 4.74 Å². The number of rotatable bonds is 5. The molecule has 118 valence electrons. The molecule has 1 aliphatic heterocycles. The largest absolute Gasteiger partial charge is 0.374 e. The summed E-state index contributed by atoms with van der Waals surface area (Å²) < 4.78 is 5.75. The fourth-order valence-corrected chi connectivity index (χ4v) is 3.52. The molecule has 1 unspecified atom stereocenters. The highest BCUT2D eigenvalue weighted by molar-refractivity contribution is 7.14. The maximum Gasteiger partial charge on any atom is 0.261 e. The molecule has 2 heterocycles. The Hall–Kier alpha value is -0.910. The zero-order valence-electron chi connectivity index (χ0n) is 13.4. The van der Waals surface area contributed by atoms with Crippen molar-refractivity contribution in [3.05, 3.63) is 21.4 Å². The van der Waals surface area contributed by atoms with Gasteiger partial charge in [0.15, 0.2) is 0 Å². The third-order valence-electron chi connectivity index (χ3n) is 3.73. The van der Waals surface area contributed by atoms with E-state index in [0.29, 0.717) is 12.5 Å². The third-order valence-corrected chi connectivity index (χ3v) is 4.88. The molecule has 1 atom stereocenters. The molecular formula is C16H26N2O2S. The molecule has 21 heavy (non-hydrogen) atoms. The van der Waals surface area contributed by atoms with Crippen molar-refractivity contribution in [2.24, 2.45) is 5.92 Å².